The summed E-state index contributed by atoms with van der Waals surface area (Å²) in [5, 5.41) is 10.1. The molecule has 1 aromatic rings. The van der Waals surface area contributed by atoms with Crippen molar-refractivity contribution in [2.75, 3.05) is 11.5 Å². The van der Waals surface area contributed by atoms with Crippen molar-refractivity contribution in [2.45, 2.75) is 44.8 Å². The van der Waals surface area contributed by atoms with E-state index in [4.69, 9.17) is 0 Å². The highest BCUT2D eigenvalue weighted by molar-refractivity contribution is 7.99. The zero-order valence-electron chi connectivity index (χ0n) is 10.1. The molecule has 0 saturated carbocycles. The molecule has 1 N–H and O–H groups in total. The summed E-state index contributed by atoms with van der Waals surface area (Å²) in [5.74, 6) is 4.45. The van der Waals surface area contributed by atoms with Gasteiger partial charge in [-0.3, -0.25) is 0 Å². The second-order valence-corrected chi connectivity index (χ2v) is 6.35. The lowest BCUT2D eigenvalue weighted by Crippen LogP contribution is -2.22. The molecular formula is C13H20N2OS. The van der Waals surface area contributed by atoms with E-state index in [1.54, 1.807) is 0 Å². The van der Waals surface area contributed by atoms with Crippen LogP contribution in [0.1, 0.15) is 43.4 Å². The first-order chi connectivity index (χ1) is 8.34. The molecule has 1 aromatic heterocycles. The summed E-state index contributed by atoms with van der Waals surface area (Å²) >= 11 is 2.06. The predicted octanol–water partition coefficient (Wildman–Crippen LogP) is 2.40. The van der Waals surface area contributed by atoms with Crippen molar-refractivity contribution >= 4 is 11.8 Å². The molecule has 0 amide bonds. The molecule has 3 nitrogen and oxygen atoms in total. The fraction of sp³-hybridized carbons (Fsp3) is 0.769. The minimum Gasteiger partial charge on any atom is -0.373 e. The van der Waals surface area contributed by atoms with Gasteiger partial charge >= 0.3 is 0 Å². The maximum absolute atomic E-state index is 10.1. The number of aliphatic hydroxyl groups is 1. The molecule has 3 heterocycles. The minimum absolute atomic E-state index is 0.326. The van der Waals surface area contributed by atoms with E-state index in [1.165, 1.54) is 30.0 Å². The lowest BCUT2D eigenvalue weighted by molar-refractivity contribution is 0.0752. The third-order valence-electron chi connectivity index (χ3n) is 3.87. The van der Waals surface area contributed by atoms with Crippen LogP contribution in [-0.2, 0) is 12.8 Å². The molecule has 94 valence electrons. The van der Waals surface area contributed by atoms with E-state index in [-0.39, 0.29) is 6.23 Å². The van der Waals surface area contributed by atoms with Crippen LogP contribution in [0, 0.1) is 5.92 Å². The van der Waals surface area contributed by atoms with E-state index in [0.717, 1.165) is 37.4 Å². The summed E-state index contributed by atoms with van der Waals surface area (Å²) in [6, 6.07) is 0. The normalized spacial score (nSPS) is 29.0. The van der Waals surface area contributed by atoms with Gasteiger partial charge in [-0.05, 0) is 49.5 Å². The third-order valence-corrected chi connectivity index (χ3v) is 5.15. The molecule has 0 bridgehead atoms. The highest BCUT2D eigenvalue weighted by atomic mass is 32.2. The molecule has 0 spiro atoms. The zero-order chi connectivity index (χ0) is 11.7. The first-order valence-corrected chi connectivity index (χ1v) is 7.81. The van der Waals surface area contributed by atoms with E-state index in [0.29, 0.717) is 0 Å². The van der Waals surface area contributed by atoms with Crippen molar-refractivity contribution in [2.24, 2.45) is 5.92 Å². The number of hydrogen-bond acceptors (Lipinski definition) is 3. The quantitative estimate of drug-likeness (QED) is 0.878. The summed E-state index contributed by atoms with van der Waals surface area (Å²) in [6.07, 6.45) is 8.40. The lowest BCUT2D eigenvalue weighted by atomic mass is 10.0. The monoisotopic (exact) mass is 252 g/mol. The molecule has 2 aliphatic rings. The standard InChI is InChI=1S/C13H20N2OS/c16-13-5-1-4-11-8-14-12(15(11)13)7-10-3-2-6-17-9-10/h8,10,13,16H,1-7,9H2. The smallest absolute Gasteiger partial charge is 0.132 e. The Labute approximate surface area is 107 Å². The Morgan fingerprint density at radius 3 is 3.18 bits per heavy atom. The van der Waals surface area contributed by atoms with Gasteiger partial charge in [-0.2, -0.15) is 11.8 Å². The molecule has 0 aliphatic carbocycles. The Kier molecular flexibility index (Phi) is 3.43. The van der Waals surface area contributed by atoms with Crippen LogP contribution in [0.5, 0.6) is 0 Å². The number of hydrogen-bond donors (Lipinski definition) is 1. The third kappa shape index (κ3) is 2.38. The molecule has 1 saturated heterocycles. The molecule has 2 unspecified atom stereocenters. The second kappa shape index (κ2) is 5.02. The molecule has 4 heteroatoms. The van der Waals surface area contributed by atoms with Crippen LogP contribution < -0.4 is 0 Å². The fourth-order valence-corrected chi connectivity index (χ4v) is 4.12. The number of nitrogens with zero attached hydrogens (tertiary/aromatic N) is 2. The van der Waals surface area contributed by atoms with Gasteiger partial charge in [-0.1, -0.05) is 0 Å². The number of imidazole rings is 1. The highest BCUT2D eigenvalue weighted by Crippen LogP contribution is 2.29. The van der Waals surface area contributed by atoms with E-state index in [9.17, 15) is 5.11 Å². The van der Waals surface area contributed by atoms with Gasteiger partial charge in [-0.25, -0.2) is 4.98 Å². The summed E-state index contributed by atoms with van der Waals surface area (Å²) < 4.78 is 2.09. The first-order valence-electron chi connectivity index (χ1n) is 6.65. The van der Waals surface area contributed by atoms with Crippen LogP contribution in [-0.4, -0.2) is 26.2 Å². The topological polar surface area (TPSA) is 38.1 Å². The Hall–Kier alpha value is -0.480. The van der Waals surface area contributed by atoms with Crippen molar-refractivity contribution in [1.82, 2.24) is 9.55 Å². The molecule has 0 aromatic carbocycles. The molecule has 17 heavy (non-hydrogen) atoms. The van der Waals surface area contributed by atoms with Crippen molar-refractivity contribution in [3.8, 4) is 0 Å². The maximum Gasteiger partial charge on any atom is 0.132 e. The second-order valence-electron chi connectivity index (χ2n) is 5.20. The van der Waals surface area contributed by atoms with Gasteiger partial charge in [-0.15, -0.1) is 0 Å². The van der Waals surface area contributed by atoms with Crippen molar-refractivity contribution in [3.05, 3.63) is 17.7 Å². The van der Waals surface area contributed by atoms with Crippen molar-refractivity contribution in [1.29, 1.82) is 0 Å². The largest absolute Gasteiger partial charge is 0.373 e. The van der Waals surface area contributed by atoms with Gasteiger partial charge in [0.15, 0.2) is 0 Å². The van der Waals surface area contributed by atoms with Gasteiger partial charge in [0.2, 0.25) is 0 Å². The van der Waals surface area contributed by atoms with Gasteiger partial charge in [0.25, 0.3) is 0 Å². The fourth-order valence-electron chi connectivity index (χ4n) is 2.96. The van der Waals surface area contributed by atoms with Crippen LogP contribution in [0.4, 0.5) is 0 Å². The van der Waals surface area contributed by atoms with Gasteiger partial charge < -0.3 is 9.67 Å². The van der Waals surface area contributed by atoms with Gasteiger partial charge in [0.1, 0.15) is 12.1 Å². The lowest BCUT2D eigenvalue weighted by Gasteiger charge is -2.25. The SMILES string of the molecule is OC1CCCc2cnc(CC3CCCSC3)n21. The summed E-state index contributed by atoms with van der Waals surface area (Å²) in [6.45, 7) is 0. The van der Waals surface area contributed by atoms with Gasteiger partial charge in [0.05, 0.1) is 0 Å². The van der Waals surface area contributed by atoms with Crippen LogP contribution in [0.2, 0.25) is 0 Å². The van der Waals surface area contributed by atoms with Crippen LogP contribution in [0.15, 0.2) is 6.20 Å². The predicted molar refractivity (Wildman–Crippen MR) is 70.2 cm³/mol. The van der Waals surface area contributed by atoms with Crippen LogP contribution in [0.3, 0.4) is 0 Å². The van der Waals surface area contributed by atoms with E-state index >= 15 is 0 Å². The van der Waals surface area contributed by atoms with E-state index in [2.05, 4.69) is 21.3 Å². The first kappa shape index (κ1) is 11.6. The maximum atomic E-state index is 10.1. The number of fused-ring (bicyclic) bond motifs is 1. The Balaban J connectivity index is 1.76. The number of aryl methyl sites for hydroxylation is 1. The summed E-state index contributed by atoms with van der Waals surface area (Å²) in [4.78, 5) is 4.54. The Morgan fingerprint density at radius 2 is 2.35 bits per heavy atom. The molecule has 1 fully saturated rings. The number of aliphatic hydroxyl groups excluding tert-OH is 1. The van der Waals surface area contributed by atoms with Crippen molar-refractivity contribution in [3.63, 3.8) is 0 Å². The molecule has 2 atom stereocenters. The molecule has 0 radical (unpaired) electrons. The van der Waals surface area contributed by atoms with Crippen LogP contribution >= 0.6 is 11.8 Å². The molecule has 3 rings (SSSR count). The number of rotatable bonds is 2. The molecule has 2 aliphatic heterocycles. The Bertz CT molecular complexity index is 385. The van der Waals surface area contributed by atoms with E-state index in [1.807, 2.05) is 6.20 Å². The zero-order valence-corrected chi connectivity index (χ0v) is 11.0. The summed E-state index contributed by atoms with van der Waals surface area (Å²) in [7, 11) is 0. The highest BCUT2D eigenvalue weighted by Gasteiger charge is 2.23. The van der Waals surface area contributed by atoms with E-state index < -0.39 is 0 Å². The Morgan fingerprint density at radius 1 is 1.41 bits per heavy atom. The average Bonchev–Trinajstić information content (AvgIpc) is 2.75. The molecular weight excluding hydrogens is 232 g/mol. The number of thioether (sulfide) groups is 1. The van der Waals surface area contributed by atoms with Crippen LogP contribution in [0.25, 0.3) is 0 Å². The van der Waals surface area contributed by atoms with Crippen molar-refractivity contribution < 1.29 is 5.11 Å². The average molecular weight is 252 g/mol. The summed E-state index contributed by atoms with van der Waals surface area (Å²) in [5.41, 5.74) is 1.22. The minimum atomic E-state index is -0.326. The van der Waals surface area contributed by atoms with Gasteiger partial charge in [0, 0.05) is 18.3 Å². The number of aromatic nitrogens is 2.